The lowest BCUT2D eigenvalue weighted by Crippen LogP contribution is -2.46. The zero-order valence-electron chi connectivity index (χ0n) is 11.0. The van der Waals surface area contributed by atoms with Crippen LogP contribution in [0.2, 0.25) is 0 Å². The van der Waals surface area contributed by atoms with Gasteiger partial charge in [-0.1, -0.05) is 0 Å². The third kappa shape index (κ3) is 2.95. The zero-order chi connectivity index (χ0) is 13.1. The highest BCUT2D eigenvalue weighted by Gasteiger charge is 2.39. The number of hydrogen-bond acceptors (Lipinski definition) is 5. The summed E-state index contributed by atoms with van der Waals surface area (Å²) in [5.74, 6) is -0.335. The van der Waals surface area contributed by atoms with Crippen molar-refractivity contribution in [2.24, 2.45) is 0 Å². The number of piperidine rings is 1. The molecule has 2 saturated heterocycles. The molecule has 1 atom stereocenters. The molecule has 0 saturated carbocycles. The van der Waals surface area contributed by atoms with Crippen molar-refractivity contribution in [3.8, 4) is 0 Å². The fourth-order valence-electron chi connectivity index (χ4n) is 2.80. The smallest absolute Gasteiger partial charge is 0.170 e. The third-order valence-corrected chi connectivity index (χ3v) is 3.95. The van der Waals surface area contributed by atoms with Gasteiger partial charge in [-0.3, -0.25) is 4.98 Å². The molecule has 3 rings (SSSR count). The van der Waals surface area contributed by atoms with Crippen molar-refractivity contribution in [2.45, 2.75) is 24.7 Å². The minimum Gasteiger partial charge on any atom is -0.387 e. The summed E-state index contributed by atoms with van der Waals surface area (Å²) >= 11 is 0. The molecule has 2 aliphatic heterocycles. The second-order valence-electron chi connectivity index (χ2n) is 5.20. The van der Waals surface area contributed by atoms with E-state index in [1.807, 2.05) is 12.1 Å². The number of aromatic nitrogens is 1. The molecule has 1 spiro atoms. The summed E-state index contributed by atoms with van der Waals surface area (Å²) in [7, 11) is 0. The number of hydrogen-bond donors (Lipinski definition) is 1. The maximum Gasteiger partial charge on any atom is 0.170 e. The predicted octanol–water partition coefficient (Wildman–Crippen LogP) is 0.954. The first-order chi connectivity index (χ1) is 9.27. The fourth-order valence-corrected chi connectivity index (χ4v) is 2.80. The Hall–Kier alpha value is -1.01. The lowest BCUT2D eigenvalue weighted by Gasteiger charge is -2.38. The second kappa shape index (κ2) is 5.54. The van der Waals surface area contributed by atoms with Gasteiger partial charge in [-0.25, -0.2) is 0 Å². The van der Waals surface area contributed by atoms with Gasteiger partial charge in [-0.05, 0) is 17.7 Å². The zero-order valence-corrected chi connectivity index (χ0v) is 11.0. The monoisotopic (exact) mass is 264 g/mol. The van der Waals surface area contributed by atoms with Crippen LogP contribution in [0.15, 0.2) is 24.5 Å². The third-order valence-electron chi connectivity index (χ3n) is 3.95. The summed E-state index contributed by atoms with van der Waals surface area (Å²) in [5.41, 5.74) is 0.920. The molecule has 0 bridgehead atoms. The van der Waals surface area contributed by atoms with Crippen LogP contribution in [0.25, 0.3) is 0 Å². The van der Waals surface area contributed by atoms with E-state index in [-0.39, 0.29) is 5.79 Å². The minimum absolute atomic E-state index is 0.335. The number of ether oxygens (including phenoxy) is 2. The van der Waals surface area contributed by atoms with Crippen LogP contribution >= 0.6 is 0 Å². The van der Waals surface area contributed by atoms with Gasteiger partial charge >= 0.3 is 0 Å². The lowest BCUT2D eigenvalue weighted by molar-refractivity contribution is -0.186. The number of β-amino-alcohol motifs (C(OH)–C–C–N with tert-alkyl or cyclic N) is 1. The lowest BCUT2D eigenvalue weighted by atomic mass is 10.0. The van der Waals surface area contributed by atoms with E-state index in [4.69, 9.17) is 9.47 Å². The maximum absolute atomic E-state index is 10.2. The maximum atomic E-state index is 10.2. The number of nitrogens with zero attached hydrogens (tertiary/aromatic N) is 2. The topological polar surface area (TPSA) is 54.8 Å². The number of aliphatic hydroxyl groups is 1. The van der Waals surface area contributed by atoms with Crippen molar-refractivity contribution in [1.29, 1.82) is 0 Å². The Labute approximate surface area is 113 Å². The first-order valence-corrected chi connectivity index (χ1v) is 6.86. The van der Waals surface area contributed by atoms with Gasteiger partial charge in [0, 0.05) is 44.9 Å². The predicted molar refractivity (Wildman–Crippen MR) is 69.5 cm³/mol. The molecule has 5 heteroatoms. The molecule has 104 valence electrons. The summed E-state index contributed by atoms with van der Waals surface area (Å²) in [6.07, 6.45) is 4.74. The molecule has 1 unspecified atom stereocenters. The van der Waals surface area contributed by atoms with Crippen LogP contribution in [-0.4, -0.2) is 53.6 Å². The molecule has 2 aliphatic rings. The van der Waals surface area contributed by atoms with Crippen molar-refractivity contribution in [1.82, 2.24) is 9.88 Å². The Bertz CT molecular complexity index is 396. The van der Waals surface area contributed by atoms with Crippen LogP contribution < -0.4 is 0 Å². The molecule has 1 N–H and O–H groups in total. The quantitative estimate of drug-likeness (QED) is 0.881. The molecule has 2 fully saturated rings. The van der Waals surface area contributed by atoms with Crippen LogP contribution in [0.5, 0.6) is 0 Å². The van der Waals surface area contributed by atoms with Gasteiger partial charge in [0.25, 0.3) is 0 Å². The van der Waals surface area contributed by atoms with Gasteiger partial charge in [-0.15, -0.1) is 0 Å². The molecular weight excluding hydrogens is 244 g/mol. The van der Waals surface area contributed by atoms with Gasteiger partial charge in [-0.2, -0.15) is 0 Å². The number of aliphatic hydroxyl groups excluding tert-OH is 1. The summed E-state index contributed by atoms with van der Waals surface area (Å²) in [6.45, 7) is 3.88. The highest BCUT2D eigenvalue weighted by molar-refractivity contribution is 5.13. The van der Waals surface area contributed by atoms with Gasteiger partial charge < -0.3 is 19.5 Å². The first kappa shape index (κ1) is 13.0. The summed E-state index contributed by atoms with van der Waals surface area (Å²) in [6, 6.07) is 3.72. The Morgan fingerprint density at radius 1 is 1.21 bits per heavy atom. The molecule has 0 aromatic carbocycles. The molecule has 5 nitrogen and oxygen atoms in total. The second-order valence-corrected chi connectivity index (χ2v) is 5.20. The molecule has 1 aromatic heterocycles. The summed E-state index contributed by atoms with van der Waals surface area (Å²) in [4.78, 5) is 6.23. The first-order valence-electron chi connectivity index (χ1n) is 6.86. The largest absolute Gasteiger partial charge is 0.387 e. The van der Waals surface area contributed by atoms with Gasteiger partial charge in [0.15, 0.2) is 5.79 Å². The van der Waals surface area contributed by atoms with E-state index >= 15 is 0 Å². The molecule has 1 aromatic rings. The van der Waals surface area contributed by atoms with E-state index in [1.54, 1.807) is 12.4 Å². The van der Waals surface area contributed by atoms with Crippen LogP contribution in [0.3, 0.4) is 0 Å². The Morgan fingerprint density at radius 2 is 1.84 bits per heavy atom. The number of rotatable bonds is 3. The minimum atomic E-state index is -0.456. The highest BCUT2D eigenvalue weighted by atomic mass is 16.7. The Balaban J connectivity index is 1.52. The van der Waals surface area contributed by atoms with E-state index in [9.17, 15) is 5.11 Å². The van der Waals surface area contributed by atoms with Crippen LogP contribution in [0.4, 0.5) is 0 Å². The van der Waals surface area contributed by atoms with E-state index in [0.717, 1.165) is 31.5 Å². The van der Waals surface area contributed by atoms with E-state index < -0.39 is 6.10 Å². The molecular formula is C14H20N2O3. The summed E-state index contributed by atoms with van der Waals surface area (Å²) in [5, 5.41) is 10.2. The van der Waals surface area contributed by atoms with E-state index in [1.165, 1.54) is 0 Å². The average Bonchev–Trinajstić information content (AvgIpc) is 2.91. The van der Waals surface area contributed by atoms with Gasteiger partial charge in [0.05, 0.1) is 19.3 Å². The van der Waals surface area contributed by atoms with Gasteiger partial charge in [0.2, 0.25) is 0 Å². The van der Waals surface area contributed by atoms with E-state index in [2.05, 4.69) is 9.88 Å². The molecule has 0 amide bonds. The average molecular weight is 264 g/mol. The van der Waals surface area contributed by atoms with Crippen molar-refractivity contribution in [3.05, 3.63) is 30.1 Å². The highest BCUT2D eigenvalue weighted by Crippen LogP contribution is 2.31. The molecule has 19 heavy (non-hydrogen) atoms. The van der Waals surface area contributed by atoms with E-state index in [0.29, 0.717) is 19.8 Å². The van der Waals surface area contributed by atoms with Crippen molar-refractivity contribution < 1.29 is 14.6 Å². The fraction of sp³-hybridized carbons (Fsp3) is 0.643. The standard InChI is InChI=1S/C14H20N2O3/c17-13(12-1-5-15-6-2-12)11-16-7-3-14(4-8-16)18-9-10-19-14/h1-2,5-6,13,17H,3-4,7-11H2. The van der Waals surface area contributed by atoms with Gasteiger partial charge in [0.1, 0.15) is 0 Å². The van der Waals surface area contributed by atoms with Crippen molar-refractivity contribution >= 4 is 0 Å². The van der Waals surface area contributed by atoms with Crippen LogP contribution in [0.1, 0.15) is 24.5 Å². The Morgan fingerprint density at radius 3 is 2.47 bits per heavy atom. The molecule has 3 heterocycles. The summed E-state index contributed by atoms with van der Waals surface area (Å²) < 4.78 is 11.4. The molecule has 0 radical (unpaired) electrons. The Kier molecular flexibility index (Phi) is 3.79. The normalized spacial score (nSPS) is 24.7. The number of likely N-dealkylation sites (tertiary alicyclic amines) is 1. The van der Waals surface area contributed by atoms with Crippen molar-refractivity contribution in [2.75, 3.05) is 32.8 Å². The van der Waals surface area contributed by atoms with Crippen LogP contribution in [-0.2, 0) is 9.47 Å². The van der Waals surface area contributed by atoms with Crippen molar-refractivity contribution in [3.63, 3.8) is 0 Å². The van der Waals surface area contributed by atoms with Crippen LogP contribution in [0, 0.1) is 0 Å². The SMILES string of the molecule is OC(CN1CCC2(CC1)OCCO2)c1ccncc1. The number of pyridine rings is 1. The molecule has 0 aliphatic carbocycles.